The maximum atomic E-state index is 12.1. The highest BCUT2D eigenvalue weighted by Gasteiger charge is 2.18. The molecular formula is C15H25N3OS. The molecular weight excluding hydrogens is 270 g/mol. The van der Waals surface area contributed by atoms with Gasteiger partial charge in [0, 0.05) is 29.9 Å². The average Bonchev–Trinajstić information content (AvgIpc) is 2.99. The normalized spacial score (nSPS) is 17.9. The van der Waals surface area contributed by atoms with Gasteiger partial charge in [-0.05, 0) is 25.3 Å². The Labute approximate surface area is 125 Å². The van der Waals surface area contributed by atoms with Gasteiger partial charge in [-0.15, -0.1) is 0 Å². The highest BCUT2D eigenvalue weighted by molar-refractivity contribution is 7.99. The van der Waals surface area contributed by atoms with E-state index in [4.69, 9.17) is 0 Å². The lowest BCUT2D eigenvalue weighted by Crippen LogP contribution is -2.34. The summed E-state index contributed by atoms with van der Waals surface area (Å²) in [5.74, 6) is 1.10. The largest absolute Gasteiger partial charge is 0.353 e. The monoisotopic (exact) mass is 295 g/mol. The van der Waals surface area contributed by atoms with Crippen molar-refractivity contribution in [3.63, 3.8) is 0 Å². The molecule has 1 saturated carbocycles. The molecule has 4 nitrogen and oxygen atoms in total. The fraction of sp³-hybridized carbons (Fsp3) is 0.733. The summed E-state index contributed by atoms with van der Waals surface area (Å²) in [5, 5.41) is 8.02. The Hall–Kier alpha value is -0.970. The molecule has 0 saturated heterocycles. The van der Waals surface area contributed by atoms with Crippen LogP contribution >= 0.6 is 11.8 Å². The van der Waals surface area contributed by atoms with E-state index in [0.29, 0.717) is 0 Å². The Morgan fingerprint density at radius 1 is 1.45 bits per heavy atom. The molecule has 2 rings (SSSR count). The summed E-state index contributed by atoms with van der Waals surface area (Å²) >= 11 is 2.02. The van der Waals surface area contributed by atoms with Crippen molar-refractivity contribution in [1.82, 2.24) is 15.1 Å². The molecule has 0 aromatic carbocycles. The van der Waals surface area contributed by atoms with Crippen molar-refractivity contribution in [3.05, 3.63) is 18.5 Å². The number of hydrogen-bond acceptors (Lipinski definition) is 3. The van der Waals surface area contributed by atoms with Gasteiger partial charge >= 0.3 is 0 Å². The number of carbonyl (C=O) groups excluding carboxylic acids is 1. The summed E-state index contributed by atoms with van der Waals surface area (Å²) in [7, 11) is 0. The number of aromatic nitrogens is 2. The predicted octanol–water partition coefficient (Wildman–Crippen LogP) is 3.02. The first-order valence-corrected chi connectivity index (χ1v) is 8.74. The molecule has 1 aromatic rings. The third-order valence-electron chi connectivity index (χ3n) is 3.84. The second kappa shape index (κ2) is 8.35. The molecule has 1 heterocycles. The first-order valence-electron chi connectivity index (χ1n) is 7.69. The van der Waals surface area contributed by atoms with Gasteiger partial charge in [-0.3, -0.25) is 9.48 Å². The Morgan fingerprint density at radius 3 is 2.90 bits per heavy atom. The Balaban J connectivity index is 1.66. The standard InChI is InChI=1S/C15H25N3OS/c1-2-14(18-11-6-9-17-18)15(19)16-10-12-20-13-7-4-3-5-8-13/h6,9,11,13-14H,2-5,7-8,10,12H2,1H3,(H,16,19). The first-order chi connectivity index (χ1) is 9.81. The van der Waals surface area contributed by atoms with Crippen molar-refractivity contribution < 1.29 is 4.79 Å². The SMILES string of the molecule is CCC(C(=O)NCCSC1CCCCC1)n1cccn1. The Bertz CT molecular complexity index is 388. The fourth-order valence-corrected chi connectivity index (χ4v) is 3.93. The molecule has 20 heavy (non-hydrogen) atoms. The van der Waals surface area contributed by atoms with Crippen molar-refractivity contribution in [1.29, 1.82) is 0 Å². The Kier molecular flexibility index (Phi) is 6.43. The van der Waals surface area contributed by atoms with Gasteiger partial charge in [0.15, 0.2) is 0 Å². The van der Waals surface area contributed by atoms with Crippen LogP contribution in [0.5, 0.6) is 0 Å². The molecule has 0 bridgehead atoms. The fourth-order valence-electron chi connectivity index (χ4n) is 2.71. The topological polar surface area (TPSA) is 46.9 Å². The van der Waals surface area contributed by atoms with Crippen molar-refractivity contribution in [2.45, 2.75) is 56.7 Å². The molecule has 0 radical (unpaired) electrons. The van der Waals surface area contributed by atoms with Crippen molar-refractivity contribution in [2.24, 2.45) is 0 Å². The van der Waals surface area contributed by atoms with Gasteiger partial charge in [0.25, 0.3) is 0 Å². The van der Waals surface area contributed by atoms with Crippen LogP contribution in [0.4, 0.5) is 0 Å². The van der Waals surface area contributed by atoms with Crippen LogP contribution in [0.3, 0.4) is 0 Å². The average molecular weight is 295 g/mol. The quantitative estimate of drug-likeness (QED) is 0.787. The lowest BCUT2D eigenvalue weighted by Gasteiger charge is -2.21. The summed E-state index contributed by atoms with van der Waals surface area (Å²) in [6, 6.07) is 1.68. The van der Waals surface area contributed by atoms with Crippen LogP contribution in [0.15, 0.2) is 18.5 Å². The van der Waals surface area contributed by atoms with E-state index >= 15 is 0 Å². The molecule has 1 fully saturated rings. The lowest BCUT2D eigenvalue weighted by molar-refractivity contribution is -0.124. The zero-order valence-corrected chi connectivity index (χ0v) is 13.1. The smallest absolute Gasteiger partial charge is 0.244 e. The predicted molar refractivity (Wildman–Crippen MR) is 83.9 cm³/mol. The van der Waals surface area contributed by atoms with E-state index in [1.165, 1.54) is 32.1 Å². The van der Waals surface area contributed by atoms with E-state index in [2.05, 4.69) is 10.4 Å². The number of carbonyl (C=O) groups is 1. The molecule has 1 atom stereocenters. The third-order valence-corrected chi connectivity index (χ3v) is 5.22. The van der Waals surface area contributed by atoms with Gasteiger partial charge < -0.3 is 5.32 Å². The maximum absolute atomic E-state index is 12.1. The number of thioether (sulfide) groups is 1. The molecule has 1 N–H and O–H groups in total. The minimum Gasteiger partial charge on any atom is -0.353 e. The van der Waals surface area contributed by atoms with Gasteiger partial charge in [0.05, 0.1) is 0 Å². The van der Waals surface area contributed by atoms with E-state index in [-0.39, 0.29) is 11.9 Å². The van der Waals surface area contributed by atoms with Crippen LogP contribution in [-0.4, -0.2) is 33.2 Å². The van der Waals surface area contributed by atoms with Crippen LogP contribution in [-0.2, 0) is 4.79 Å². The van der Waals surface area contributed by atoms with Crippen molar-refractivity contribution in [3.8, 4) is 0 Å². The molecule has 0 aliphatic heterocycles. The zero-order valence-electron chi connectivity index (χ0n) is 12.3. The minimum atomic E-state index is -0.176. The van der Waals surface area contributed by atoms with Gasteiger partial charge in [-0.25, -0.2) is 0 Å². The Morgan fingerprint density at radius 2 is 2.25 bits per heavy atom. The van der Waals surface area contributed by atoms with Gasteiger partial charge in [-0.2, -0.15) is 16.9 Å². The first kappa shape index (κ1) is 15.4. The molecule has 1 unspecified atom stereocenters. The number of amides is 1. The molecule has 1 amide bonds. The molecule has 1 aliphatic rings. The van der Waals surface area contributed by atoms with E-state index in [0.717, 1.165) is 24.0 Å². The molecule has 1 aliphatic carbocycles. The highest BCUT2D eigenvalue weighted by Crippen LogP contribution is 2.27. The number of nitrogens with zero attached hydrogens (tertiary/aromatic N) is 2. The maximum Gasteiger partial charge on any atom is 0.244 e. The third kappa shape index (κ3) is 4.54. The van der Waals surface area contributed by atoms with Crippen LogP contribution in [0.1, 0.15) is 51.5 Å². The summed E-state index contributed by atoms with van der Waals surface area (Å²) in [6.07, 6.45) is 11.2. The van der Waals surface area contributed by atoms with E-state index in [1.54, 1.807) is 10.9 Å². The lowest BCUT2D eigenvalue weighted by atomic mass is 10.0. The zero-order chi connectivity index (χ0) is 14.2. The van der Waals surface area contributed by atoms with Crippen LogP contribution in [0.25, 0.3) is 0 Å². The number of nitrogens with one attached hydrogen (secondary N) is 1. The van der Waals surface area contributed by atoms with Gasteiger partial charge in [0.1, 0.15) is 6.04 Å². The second-order valence-electron chi connectivity index (χ2n) is 5.33. The molecule has 112 valence electrons. The van der Waals surface area contributed by atoms with Gasteiger partial charge in [-0.1, -0.05) is 26.2 Å². The summed E-state index contributed by atoms with van der Waals surface area (Å²) in [4.78, 5) is 12.1. The highest BCUT2D eigenvalue weighted by atomic mass is 32.2. The van der Waals surface area contributed by atoms with Gasteiger partial charge in [0.2, 0.25) is 5.91 Å². The molecule has 0 spiro atoms. The molecule has 1 aromatic heterocycles. The summed E-state index contributed by atoms with van der Waals surface area (Å²) < 4.78 is 1.74. The molecule has 5 heteroatoms. The number of hydrogen-bond donors (Lipinski definition) is 1. The summed E-state index contributed by atoms with van der Waals surface area (Å²) in [5.41, 5.74) is 0. The van der Waals surface area contributed by atoms with Crippen molar-refractivity contribution in [2.75, 3.05) is 12.3 Å². The summed E-state index contributed by atoms with van der Waals surface area (Å²) in [6.45, 7) is 2.78. The van der Waals surface area contributed by atoms with Crippen LogP contribution in [0, 0.1) is 0 Å². The van der Waals surface area contributed by atoms with Crippen molar-refractivity contribution >= 4 is 17.7 Å². The minimum absolute atomic E-state index is 0.0837. The number of rotatable bonds is 7. The van der Waals surface area contributed by atoms with Crippen LogP contribution in [0.2, 0.25) is 0 Å². The van der Waals surface area contributed by atoms with E-state index in [1.807, 2.05) is 30.9 Å². The van der Waals surface area contributed by atoms with Crippen LogP contribution < -0.4 is 5.32 Å². The van der Waals surface area contributed by atoms with E-state index < -0.39 is 0 Å². The van der Waals surface area contributed by atoms with E-state index in [9.17, 15) is 4.79 Å². The second-order valence-corrected chi connectivity index (χ2v) is 6.74.